The summed E-state index contributed by atoms with van der Waals surface area (Å²) in [7, 11) is 0. The van der Waals surface area contributed by atoms with Gasteiger partial charge in [0.2, 0.25) is 5.91 Å². The molecule has 0 radical (unpaired) electrons. The Labute approximate surface area is 223 Å². The Morgan fingerprint density at radius 3 is 2.38 bits per heavy atom. The predicted molar refractivity (Wildman–Crippen MR) is 144 cm³/mol. The van der Waals surface area contributed by atoms with E-state index >= 15 is 0 Å². The molecule has 1 heterocycles. The highest BCUT2D eigenvalue weighted by atomic mass is 35.5. The van der Waals surface area contributed by atoms with Gasteiger partial charge in [-0.1, -0.05) is 65.8 Å². The van der Waals surface area contributed by atoms with Crippen LogP contribution in [0.5, 0.6) is 0 Å². The molecule has 1 saturated heterocycles. The van der Waals surface area contributed by atoms with E-state index in [0.29, 0.717) is 28.4 Å². The van der Waals surface area contributed by atoms with Gasteiger partial charge in [0.1, 0.15) is 16.7 Å². The van der Waals surface area contributed by atoms with Crippen molar-refractivity contribution in [3.05, 3.63) is 106 Å². The SMILES string of the molecule is CCOC(=O)c1ccc(C[C@H]2S/C(=C(/C#N)C(=O)Nc3ccccc3Cl)N(c3ccccc3)C2=O)cc1. The predicted octanol–water partition coefficient (Wildman–Crippen LogP) is 5.58. The first-order chi connectivity index (χ1) is 17.9. The molecule has 1 atom stereocenters. The lowest BCUT2D eigenvalue weighted by atomic mass is 10.1. The number of esters is 1. The average molecular weight is 532 g/mol. The summed E-state index contributed by atoms with van der Waals surface area (Å²) in [6.07, 6.45) is 0.338. The van der Waals surface area contributed by atoms with Crippen LogP contribution < -0.4 is 10.2 Å². The third kappa shape index (κ3) is 5.85. The number of hydrogen-bond donors (Lipinski definition) is 1. The van der Waals surface area contributed by atoms with Crippen molar-refractivity contribution >= 4 is 52.5 Å². The van der Waals surface area contributed by atoms with Gasteiger partial charge in [0, 0.05) is 5.69 Å². The number of carbonyl (C=O) groups is 3. The smallest absolute Gasteiger partial charge is 0.338 e. The number of nitriles is 1. The first kappa shape index (κ1) is 26.0. The molecule has 0 unspecified atom stereocenters. The largest absolute Gasteiger partial charge is 0.462 e. The topological polar surface area (TPSA) is 99.5 Å². The van der Waals surface area contributed by atoms with E-state index in [1.807, 2.05) is 12.1 Å². The van der Waals surface area contributed by atoms with E-state index in [4.69, 9.17) is 16.3 Å². The summed E-state index contributed by atoms with van der Waals surface area (Å²) in [6.45, 7) is 2.02. The van der Waals surface area contributed by atoms with Gasteiger partial charge in [-0.15, -0.1) is 0 Å². The fraction of sp³-hybridized carbons (Fsp3) is 0.143. The minimum atomic E-state index is -0.661. The van der Waals surface area contributed by atoms with Gasteiger partial charge in [0.15, 0.2) is 0 Å². The highest BCUT2D eigenvalue weighted by Crippen LogP contribution is 2.42. The summed E-state index contributed by atoms with van der Waals surface area (Å²) in [6, 6.07) is 24.4. The molecule has 37 heavy (non-hydrogen) atoms. The highest BCUT2D eigenvalue weighted by Gasteiger charge is 2.40. The summed E-state index contributed by atoms with van der Waals surface area (Å²) in [5.41, 5.74) is 1.97. The molecule has 9 heteroatoms. The molecule has 3 aromatic carbocycles. The number of nitrogens with zero attached hydrogens (tertiary/aromatic N) is 2. The molecule has 0 saturated carbocycles. The number of thioether (sulfide) groups is 1. The number of anilines is 2. The number of halogens is 1. The third-order valence-corrected chi connectivity index (χ3v) is 7.12. The Bertz CT molecular complexity index is 1400. The van der Waals surface area contributed by atoms with Crippen molar-refractivity contribution in [1.29, 1.82) is 5.26 Å². The Hall–Kier alpha value is -4.06. The summed E-state index contributed by atoms with van der Waals surface area (Å²) in [5, 5.41) is 12.6. The van der Waals surface area contributed by atoms with Gasteiger partial charge in [-0.05, 0) is 55.3 Å². The molecular formula is C28H22ClN3O4S. The number of amides is 2. The number of rotatable bonds is 7. The maximum Gasteiger partial charge on any atom is 0.338 e. The summed E-state index contributed by atoms with van der Waals surface area (Å²) >= 11 is 7.33. The van der Waals surface area contributed by atoms with Gasteiger partial charge in [0.05, 0.1) is 28.1 Å². The molecule has 0 aromatic heterocycles. The molecule has 0 bridgehead atoms. The average Bonchev–Trinajstić information content (AvgIpc) is 3.22. The molecule has 1 aliphatic rings. The van der Waals surface area contributed by atoms with E-state index in [1.54, 1.807) is 79.7 Å². The maximum atomic E-state index is 13.6. The Morgan fingerprint density at radius 2 is 1.73 bits per heavy atom. The first-order valence-corrected chi connectivity index (χ1v) is 12.7. The second kappa shape index (κ2) is 11.8. The van der Waals surface area contributed by atoms with Crippen molar-refractivity contribution in [3.63, 3.8) is 0 Å². The number of benzene rings is 3. The van der Waals surface area contributed by atoms with E-state index in [0.717, 1.165) is 17.3 Å². The van der Waals surface area contributed by atoms with Gasteiger partial charge in [-0.3, -0.25) is 14.5 Å². The van der Waals surface area contributed by atoms with Crippen LogP contribution in [0.4, 0.5) is 11.4 Å². The molecular weight excluding hydrogens is 510 g/mol. The van der Waals surface area contributed by atoms with Crippen molar-refractivity contribution in [3.8, 4) is 6.07 Å². The highest BCUT2D eigenvalue weighted by molar-refractivity contribution is 8.05. The lowest BCUT2D eigenvalue weighted by Crippen LogP contribution is -2.30. The number of ether oxygens (including phenoxy) is 1. The lowest BCUT2D eigenvalue weighted by Gasteiger charge is -2.18. The van der Waals surface area contributed by atoms with Crippen LogP contribution in [-0.4, -0.2) is 29.6 Å². The van der Waals surface area contributed by atoms with Crippen molar-refractivity contribution < 1.29 is 19.1 Å². The third-order valence-electron chi connectivity index (χ3n) is 5.53. The Balaban J connectivity index is 1.65. The molecule has 186 valence electrons. The maximum absolute atomic E-state index is 13.6. The van der Waals surface area contributed by atoms with Crippen molar-refractivity contribution in [2.24, 2.45) is 0 Å². The van der Waals surface area contributed by atoms with Crippen LogP contribution in [0.3, 0.4) is 0 Å². The van der Waals surface area contributed by atoms with Crippen LogP contribution in [0.2, 0.25) is 5.02 Å². The molecule has 4 rings (SSSR count). The molecule has 0 spiro atoms. The second-order valence-corrected chi connectivity index (χ2v) is 9.56. The van der Waals surface area contributed by atoms with E-state index in [-0.39, 0.29) is 23.1 Å². The minimum absolute atomic E-state index is 0.192. The van der Waals surface area contributed by atoms with Crippen LogP contribution in [0.1, 0.15) is 22.8 Å². The van der Waals surface area contributed by atoms with E-state index in [9.17, 15) is 19.6 Å². The van der Waals surface area contributed by atoms with Crippen molar-refractivity contribution in [2.45, 2.75) is 18.6 Å². The molecule has 2 amide bonds. The Kier molecular flexibility index (Phi) is 8.29. The number of hydrogen-bond acceptors (Lipinski definition) is 6. The van der Waals surface area contributed by atoms with Crippen LogP contribution >= 0.6 is 23.4 Å². The van der Waals surface area contributed by atoms with Crippen molar-refractivity contribution in [1.82, 2.24) is 0 Å². The van der Waals surface area contributed by atoms with E-state index < -0.39 is 17.1 Å². The summed E-state index contributed by atoms with van der Waals surface area (Å²) in [5.74, 6) is -1.32. The molecule has 0 aliphatic carbocycles. The monoisotopic (exact) mass is 531 g/mol. The molecule has 3 aromatic rings. The van der Waals surface area contributed by atoms with Crippen molar-refractivity contribution in [2.75, 3.05) is 16.8 Å². The van der Waals surface area contributed by atoms with Gasteiger partial charge in [-0.25, -0.2) is 4.79 Å². The summed E-state index contributed by atoms with van der Waals surface area (Å²) < 4.78 is 5.02. The molecule has 7 nitrogen and oxygen atoms in total. The lowest BCUT2D eigenvalue weighted by molar-refractivity contribution is -0.117. The van der Waals surface area contributed by atoms with Gasteiger partial charge in [-0.2, -0.15) is 5.26 Å². The normalized spacial score (nSPS) is 16.2. The fourth-order valence-corrected chi connectivity index (χ4v) is 5.24. The zero-order valence-corrected chi connectivity index (χ0v) is 21.4. The quantitative estimate of drug-likeness (QED) is 0.243. The van der Waals surface area contributed by atoms with Gasteiger partial charge < -0.3 is 10.1 Å². The number of carbonyl (C=O) groups excluding carboxylic acids is 3. The second-order valence-electron chi connectivity index (χ2n) is 7.96. The molecule has 1 fully saturated rings. The Morgan fingerprint density at radius 1 is 1.05 bits per heavy atom. The molecule has 1 aliphatic heterocycles. The van der Waals surface area contributed by atoms with Crippen LogP contribution in [0.25, 0.3) is 0 Å². The van der Waals surface area contributed by atoms with E-state index in [1.165, 1.54) is 4.90 Å². The van der Waals surface area contributed by atoms with Crippen LogP contribution in [0.15, 0.2) is 89.5 Å². The van der Waals surface area contributed by atoms with Crippen LogP contribution in [-0.2, 0) is 20.7 Å². The number of nitrogens with one attached hydrogen (secondary N) is 1. The fourth-order valence-electron chi connectivity index (χ4n) is 3.75. The standard InChI is InChI=1S/C28H22ClN3O4S/c1-2-36-28(35)19-14-12-18(13-15-19)16-24-26(34)32(20-8-4-3-5-9-20)27(37-24)21(17-30)25(33)31-23-11-7-6-10-22(23)29/h3-15,24H,2,16H2,1H3,(H,31,33)/b27-21-/t24-/m1/s1. The first-order valence-electron chi connectivity index (χ1n) is 11.4. The van der Waals surface area contributed by atoms with E-state index in [2.05, 4.69) is 5.32 Å². The zero-order valence-electron chi connectivity index (χ0n) is 19.8. The van der Waals surface area contributed by atoms with Gasteiger partial charge >= 0.3 is 5.97 Å². The number of para-hydroxylation sites is 2. The zero-order chi connectivity index (χ0) is 26.4. The molecule has 1 N–H and O–H groups in total. The van der Waals surface area contributed by atoms with Gasteiger partial charge in [0.25, 0.3) is 5.91 Å². The summed E-state index contributed by atoms with van der Waals surface area (Å²) in [4.78, 5) is 40.1. The van der Waals surface area contributed by atoms with Crippen LogP contribution in [0, 0.1) is 11.3 Å². The minimum Gasteiger partial charge on any atom is -0.462 e.